The molecule has 0 aliphatic rings. The summed E-state index contributed by atoms with van der Waals surface area (Å²) in [5, 5.41) is 14.8. The molecule has 0 saturated heterocycles. The molecule has 26 heavy (non-hydrogen) atoms. The maximum atomic E-state index is 11.8. The van der Waals surface area contributed by atoms with E-state index >= 15 is 0 Å². The Morgan fingerprint density at radius 2 is 1.96 bits per heavy atom. The first kappa shape index (κ1) is 19.0. The lowest BCUT2D eigenvalue weighted by Gasteiger charge is -2.19. The fraction of sp³-hybridized carbons (Fsp3) is 0.250. The number of aromatic nitrogens is 1. The van der Waals surface area contributed by atoms with E-state index in [-0.39, 0.29) is 24.9 Å². The predicted octanol–water partition coefficient (Wildman–Crippen LogP) is 2.33. The topological polar surface area (TPSA) is 91.3 Å². The molecule has 1 unspecified atom stereocenters. The van der Waals surface area contributed by atoms with Gasteiger partial charge in [-0.15, -0.1) is 6.42 Å². The van der Waals surface area contributed by atoms with Crippen molar-refractivity contribution in [2.24, 2.45) is 0 Å². The number of hydrogen-bond donors (Lipinski definition) is 3. The number of amides is 1. The summed E-state index contributed by atoms with van der Waals surface area (Å²) < 4.78 is 0. The molecule has 1 aromatic carbocycles. The maximum Gasteiger partial charge on any atom is 0.303 e. The van der Waals surface area contributed by atoms with E-state index < -0.39 is 5.97 Å². The Kier molecular flexibility index (Phi) is 7.19. The number of aliphatic carboxylic acids is 1. The Labute approximate surface area is 152 Å². The fourth-order valence-electron chi connectivity index (χ4n) is 2.48. The first-order valence-electron chi connectivity index (χ1n) is 8.28. The van der Waals surface area contributed by atoms with Gasteiger partial charge in [0.15, 0.2) is 0 Å². The maximum absolute atomic E-state index is 11.8. The number of pyridine rings is 1. The molecule has 1 amide bonds. The normalized spacial score (nSPS) is 11.2. The number of carboxylic acids is 1. The van der Waals surface area contributed by atoms with Gasteiger partial charge in [-0.2, -0.15) is 0 Å². The molecule has 0 spiro atoms. The molecule has 0 aliphatic heterocycles. The highest BCUT2D eigenvalue weighted by Crippen LogP contribution is 2.14. The van der Waals surface area contributed by atoms with Crippen LogP contribution in [0.15, 0.2) is 48.7 Å². The molecule has 1 atom stereocenters. The number of benzene rings is 1. The van der Waals surface area contributed by atoms with Crippen molar-refractivity contribution in [1.82, 2.24) is 10.3 Å². The minimum absolute atomic E-state index is 0.0665. The van der Waals surface area contributed by atoms with Gasteiger partial charge in [0.25, 0.3) is 5.91 Å². The lowest BCUT2D eigenvalue weighted by atomic mass is 10.0. The van der Waals surface area contributed by atoms with Gasteiger partial charge >= 0.3 is 5.97 Å². The molecule has 0 saturated carbocycles. The summed E-state index contributed by atoms with van der Waals surface area (Å²) in [4.78, 5) is 27.0. The third kappa shape index (κ3) is 6.29. The van der Waals surface area contributed by atoms with Crippen LogP contribution in [-0.4, -0.2) is 34.6 Å². The van der Waals surface area contributed by atoms with Crippen molar-refractivity contribution in [3.8, 4) is 12.3 Å². The Morgan fingerprint density at radius 1 is 1.19 bits per heavy atom. The zero-order chi connectivity index (χ0) is 18.8. The van der Waals surface area contributed by atoms with E-state index in [1.807, 2.05) is 30.3 Å². The van der Waals surface area contributed by atoms with Crippen LogP contribution in [-0.2, 0) is 11.2 Å². The highest BCUT2D eigenvalue weighted by Gasteiger charge is 2.13. The predicted molar refractivity (Wildman–Crippen MR) is 99.8 cm³/mol. The lowest BCUT2D eigenvalue weighted by molar-refractivity contribution is -0.137. The van der Waals surface area contributed by atoms with E-state index in [2.05, 4.69) is 21.5 Å². The van der Waals surface area contributed by atoms with Crippen molar-refractivity contribution < 1.29 is 14.7 Å². The van der Waals surface area contributed by atoms with Gasteiger partial charge in [-0.1, -0.05) is 36.3 Å². The second-order valence-corrected chi connectivity index (χ2v) is 5.78. The van der Waals surface area contributed by atoms with Crippen LogP contribution in [0.25, 0.3) is 0 Å². The smallest absolute Gasteiger partial charge is 0.303 e. The van der Waals surface area contributed by atoms with Crippen LogP contribution in [0.4, 0.5) is 5.82 Å². The number of carboxylic acid groups (broad SMARTS) is 1. The van der Waals surface area contributed by atoms with Gasteiger partial charge in [0.1, 0.15) is 5.82 Å². The van der Waals surface area contributed by atoms with Gasteiger partial charge in [-0.3, -0.25) is 9.59 Å². The molecule has 2 rings (SSSR count). The number of hydrogen-bond acceptors (Lipinski definition) is 4. The molecular formula is C20H21N3O3. The minimum atomic E-state index is -0.835. The van der Waals surface area contributed by atoms with Crippen LogP contribution in [0.1, 0.15) is 28.8 Å². The molecule has 0 bridgehead atoms. The van der Waals surface area contributed by atoms with E-state index in [1.165, 1.54) is 6.20 Å². The van der Waals surface area contributed by atoms with Gasteiger partial charge in [-0.05, 0) is 30.5 Å². The van der Waals surface area contributed by atoms with Crippen molar-refractivity contribution in [1.29, 1.82) is 0 Å². The third-order valence-corrected chi connectivity index (χ3v) is 3.76. The van der Waals surface area contributed by atoms with Crippen molar-refractivity contribution in [2.75, 3.05) is 11.9 Å². The van der Waals surface area contributed by atoms with E-state index in [1.54, 1.807) is 12.1 Å². The molecule has 1 aromatic heterocycles. The van der Waals surface area contributed by atoms with Gasteiger partial charge in [0.05, 0.1) is 12.1 Å². The summed E-state index contributed by atoms with van der Waals surface area (Å²) >= 11 is 0. The Balaban J connectivity index is 2.03. The van der Waals surface area contributed by atoms with E-state index in [4.69, 9.17) is 11.5 Å². The largest absolute Gasteiger partial charge is 0.481 e. The second kappa shape index (κ2) is 9.84. The average molecular weight is 351 g/mol. The number of nitrogens with one attached hydrogen (secondary N) is 2. The Morgan fingerprint density at radius 3 is 2.58 bits per heavy atom. The number of anilines is 1. The zero-order valence-electron chi connectivity index (χ0n) is 14.3. The average Bonchev–Trinajstić information content (AvgIpc) is 2.65. The summed E-state index contributed by atoms with van der Waals surface area (Å²) in [7, 11) is 0. The zero-order valence-corrected chi connectivity index (χ0v) is 14.3. The highest BCUT2D eigenvalue weighted by atomic mass is 16.4. The van der Waals surface area contributed by atoms with Crippen LogP contribution >= 0.6 is 0 Å². The Bertz CT molecular complexity index is 767. The number of rotatable bonds is 9. The molecule has 2 aromatic rings. The van der Waals surface area contributed by atoms with E-state index in [9.17, 15) is 9.59 Å². The summed E-state index contributed by atoms with van der Waals surface area (Å²) in [5.74, 6) is 1.81. The molecule has 0 aliphatic carbocycles. The van der Waals surface area contributed by atoms with E-state index in [0.29, 0.717) is 24.2 Å². The summed E-state index contributed by atoms with van der Waals surface area (Å²) in [6.45, 7) is 0.160. The molecule has 3 N–H and O–H groups in total. The van der Waals surface area contributed by atoms with Gasteiger partial charge in [-0.25, -0.2) is 4.98 Å². The summed E-state index contributed by atoms with van der Waals surface area (Å²) in [6, 6.07) is 13.1. The summed E-state index contributed by atoms with van der Waals surface area (Å²) in [5.41, 5.74) is 1.52. The third-order valence-electron chi connectivity index (χ3n) is 3.76. The van der Waals surface area contributed by atoms with Crippen LogP contribution in [0.5, 0.6) is 0 Å². The number of carbonyl (C=O) groups is 2. The Hall–Kier alpha value is -3.33. The number of terminal acetylenes is 1. The van der Waals surface area contributed by atoms with Crippen molar-refractivity contribution in [3.05, 3.63) is 59.8 Å². The van der Waals surface area contributed by atoms with Crippen molar-refractivity contribution in [3.63, 3.8) is 0 Å². The van der Waals surface area contributed by atoms with Crippen LogP contribution in [0.3, 0.4) is 0 Å². The van der Waals surface area contributed by atoms with Crippen LogP contribution < -0.4 is 10.6 Å². The van der Waals surface area contributed by atoms with Crippen LogP contribution in [0, 0.1) is 12.3 Å². The minimum Gasteiger partial charge on any atom is -0.481 e. The summed E-state index contributed by atoms with van der Waals surface area (Å²) in [6.07, 6.45) is 7.79. The SMILES string of the molecule is C#CCNC(=O)c1ccc(NC(CCC(=O)O)Cc2ccccc2)nc1. The number of carbonyl (C=O) groups excluding carboxylic acids is 1. The molecule has 6 heteroatoms. The van der Waals surface area contributed by atoms with Gasteiger partial charge in [0.2, 0.25) is 0 Å². The van der Waals surface area contributed by atoms with Crippen molar-refractivity contribution in [2.45, 2.75) is 25.3 Å². The molecular weight excluding hydrogens is 330 g/mol. The molecule has 1 heterocycles. The first-order valence-corrected chi connectivity index (χ1v) is 8.28. The van der Waals surface area contributed by atoms with E-state index in [0.717, 1.165) is 5.56 Å². The van der Waals surface area contributed by atoms with Crippen molar-refractivity contribution >= 4 is 17.7 Å². The molecule has 6 nitrogen and oxygen atoms in total. The standard InChI is InChI=1S/C20H21N3O3/c1-2-12-21-20(26)16-8-10-18(22-14-16)23-17(9-11-19(24)25)13-15-6-4-3-5-7-15/h1,3-8,10,14,17H,9,11-13H2,(H,21,26)(H,22,23)(H,24,25). The monoisotopic (exact) mass is 351 g/mol. The molecule has 0 radical (unpaired) electrons. The van der Waals surface area contributed by atoms with Crippen LogP contribution in [0.2, 0.25) is 0 Å². The molecule has 134 valence electrons. The fourth-order valence-corrected chi connectivity index (χ4v) is 2.48. The second-order valence-electron chi connectivity index (χ2n) is 5.78. The van der Waals surface area contributed by atoms with Gasteiger partial charge in [0, 0.05) is 18.7 Å². The first-order chi connectivity index (χ1) is 12.6. The highest BCUT2D eigenvalue weighted by molar-refractivity contribution is 5.94. The quantitative estimate of drug-likeness (QED) is 0.603. The number of nitrogens with zero attached hydrogens (tertiary/aromatic N) is 1. The lowest BCUT2D eigenvalue weighted by Crippen LogP contribution is -2.25. The molecule has 0 fully saturated rings. The van der Waals surface area contributed by atoms with Gasteiger partial charge < -0.3 is 15.7 Å².